The van der Waals surface area contributed by atoms with Crippen LogP contribution in [0.4, 0.5) is 19.1 Å². The first-order chi connectivity index (χ1) is 19.1. The van der Waals surface area contributed by atoms with Gasteiger partial charge in [-0.05, 0) is 48.4 Å². The maximum Gasteiger partial charge on any atom is 0.490 e. The number of halogens is 3. The van der Waals surface area contributed by atoms with Crippen LogP contribution in [0.15, 0.2) is 42.6 Å². The number of carbonyl (C=O) groups is 1. The van der Waals surface area contributed by atoms with E-state index in [1.54, 1.807) is 19.4 Å². The molecule has 4 aromatic rings. The number of methoxy groups -OCH3 is 1. The number of aliphatic hydroxyl groups is 1. The van der Waals surface area contributed by atoms with Crippen molar-refractivity contribution >= 4 is 23.0 Å². The molecule has 1 unspecified atom stereocenters. The molecule has 0 fully saturated rings. The molecule has 2 aromatic carbocycles. The van der Waals surface area contributed by atoms with E-state index in [9.17, 15) is 13.2 Å². The number of anilines is 1. The summed E-state index contributed by atoms with van der Waals surface area (Å²) in [7, 11) is 1.66. The van der Waals surface area contributed by atoms with Gasteiger partial charge in [0.05, 0.1) is 37.5 Å². The molecule has 0 amide bonds. The molecule has 14 heteroatoms. The molecule has 0 bridgehead atoms. The number of imidazole rings is 1. The lowest BCUT2D eigenvalue weighted by Crippen LogP contribution is -2.21. The van der Waals surface area contributed by atoms with E-state index in [-0.39, 0.29) is 18.5 Å². The normalized spacial score (nSPS) is 14.5. The lowest BCUT2D eigenvalue weighted by atomic mass is 9.96. The molecule has 0 aliphatic carbocycles. The Morgan fingerprint density at radius 2 is 2.00 bits per heavy atom. The summed E-state index contributed by atoms with van der Waals surface area (Å²) in [6, 6.07) is 11.5. The fourth-order valence-electron chi connectivity index (χ4n) is 4.01. The second-order valence-electron chi connectivity index (χ2n) is 8.71. The van der Waals surface area contributed by atoms with Crippen molar-refractivity contribution in [1.29, 1.82) is 0 Å². The summed E-state index contributed by atoms with van der Waals surface area (Å²) in [4.78, 5) is 25.5. The average Bonchev–Trinajstić information content (AvgIpc) is 3.37. The first-order valence-corrected chi connectivity index (χ1v) is 12.0. The number of rotatable bonds is 7. The molecule has 5 rings (SSSR count). The highest BCUT2D eigenvalue weighted by Gasteiger charge is 2.38. The van der Waals surface area contributed by atoms with Crippen LogP contribution in [0.3, 0.4) is 0 Å². The van der Waals surface area contributed by atoms with Gasteiger partial charge in [-0.1, -0.05) is 0 Å². The maximum atomic E-state index is 10.6. The van der Waals surface area contributed by atoms with Gasteiger partial charge >= 0.3 is 12.1 Å². The number of carboxylic acid groups (broad SMARTS) is 1. The molecule has 1 atom stereocenters. The molecule has 0 spiro atoms. The van der Waals surface area contributed by atoms with Crippen LogP contribution in [-0.2, 0) is 11.2 Å². The van der Waals surface area contributed by atoms with E-state index >= 15 is 0 Å². The van der Waals surface area contributed by atoms with Crippen LogP contribution < -0.4 is 19.9 Å². The van der Waals surface area contributed by atoms with E-state index in [1.165, 1.54) is 0 Å². The van der Waals surface area contributed by atoms with E-state index in [1.807, 2.05) is 30.3 Å². The number of ether oxygens (including phenoxy) is 3. The fourth-order valence-corrected chi connectivity index (χ4v) is 4.01. The number of hydrogen-bond donors (Lipinski definition) is 4. The van der Waals surface area contributed by atoms with Crippen LogP contribution in [0.25, 0.3) is 22.3 Å². The molecular weight excluding hydrogens is 535 g/mol. The minimum absolute atomic E-state index is 0.0549. The molecule has 212 valence electrons. The topological polar surface area (TPSA) is 166 Å². The number of nitrogens with zero attached hydrogens (tertiary/aromatic N) is 3. The predicted molar refractivity (Wildman–Crippen MR) is 137 cm³/mol. The highest BCUT2D eigenvalue weighted by atomic mass is 19.4. The van der Waals surface area contributed by atoms with E-state index in [2.05, 4.69) is 15.0 Å². The fraction of sp³-hybridized carbons (Fsp3) is 0.308. The number of H-pyrrole nitrogens is 1. The van der Waals surface area contributed by atoms with Crippen LogP contribution >= 0.6 is 0 Å². The summed E-state index contributed by atoms with van der Waals surface area (Å²) in [5, 5.41) is 16.3. The Balaban J connectivity index is 0.000000470. The Kier molecular flexibility index (Phi) is 8.58. The first kappa shape index (κ1) is 28.4. The molecule has 40 heavy (non-hydrogen) atoms. The molecule has 2 aromatic heterocycles. The summed E-state index contributed by atoms with van der Waals surface area (Å²) in [6.45, 7) is 0.956. The van der Waals surface area contributed by atoms with Crippen molar-refractivity contribution in [2.45, 2.75) is 24.9 Å². The number of nitrogens with two attached hydrogens (primary N) is 1. The number of carboxylic acids is 1. The number of aliphatic carboxylic acids is 1. The van der Waals surface area contributed by atoms with Crippen LogP contribution in [0.2, 0.25) is 0 Å². The number of nitrogen functional groups attached to an aromatic ring is 1. The summed E-state index contributed by atoms with van der Waals surface area (Å²) in [6.07, 6.45) is -2.15. The first-order valence-electron chi connectivity index (χ1n) is 12.0. The number of fused-ring (bicyclic) bond motifs is 2. The highest BCUT2D eigenvalue weighted by Crippen LogP contribution is 2.36. The molecule has 0 saturated heterocycles. The van der Waals surface area contributed by atoms with E-state index in [4.69, 9.17) is 39.9 Å². The average molecular weight is 562 g/mol. The number of aromatic nitrogens is 4. The van der Waals surface area contributed by atoms with Crippen LogP contribution in [0.1, 0.15) is 23.7 Å². The predicted octanol–water partition coefficient (Wildman–Crippen LogP) is 3.72. The van der Waals surface area contributed by atoms with Gasteiger partial charge in [0, 0.05) is 24.8 Å². The van der Waals surface area contributed by atoms with Crippen molar-refractivity contribution in [2.75, 3.05) is 32.7 Å². The minimum Gasteiger partial charge on any atom is -0.497 e. The minimum atomic E-state index is -5.08. The quantitative estimate of drug-likeness (QED) is 0.244. The Hall–Kier alpha value is -4.59. The van der Waals surface area contributed by atoms with Gasteiger partial charge in [0.2, 0.25) is 5.95 Å². The van der Waals surface area contributed by atoms with E-state index in [0.717, 1.165) is 45.9 Å². The van der Waals surface area contributed by atoms with Gasteiger partial charge in [0.1, 0.15) is 28.6 Å². The van der Waals surface area contributed by atoms with Crippen molar-refractivity contribution in [3.05, 3.63) is 54.0 Å². The summed E-state index contributed by atoms with van der Waals surface area (Å²) in [5.41, 5.74) is 9.95. The van der Waals surface area contributed by atoms with Crippen molar-refractivity contribution in [2.24, 2.45) is 0 Å². The van der Waals surface area contributed by atoms with Crippen molar-refractivity contribution in [3.8, 4) is 28.5 Å². The van der Waals surface area contributed by atoms with E-state index in [0.29, 0.717) is 31.1 Å². The Labute approximate surface area is 225 Å². The maximum absolute atomic E-state index is 10.6. The monoisotopic (exact) mass is 561 g/mol. The molecular formula is C26H26F3N5O6. The largest absolute Gasteiger partial charge is 0.497 e. The summed E-state index contributed by atoms with van der Waals surface area (Å²) < 4.78 is 49.1. The second-order valence-corrected chi connectivity index (χ2v) is 8.71. The third kappa shape index (κ3) is 6.69. The smallest absolute Gasteiger partial charge is 0.490 e. The molecule has 5 N–H and O–H groups in total. The molecule has 0 radical (unpaired) electrons. The van der Waals surface area contributed by atoms with Gasteiger partial charge in [-0.3, -0.25) is 0 Å². The zero-order chi connectivity index (χ0) is 28.9. The Bertz CT molecular complexity index is 1490. The third-order valence-corrected chi connectivity index (χ3v) is 5.90. The number of benzene rings is 2. The zero-order valence-electron chi connectivity index (χ0n) is 21.2. The molecule has 11 nitrogen and oxygen atoms in total. The van der Waals surface area contributed by atoms with Gasteiger partial charge in [0.25, 0.3) is 0 Å². The summed E-state index contributed by atoms with van der Waals surface area (Å²) in [5.74, 6) is 0.622. The highest BCUT2D eigenvalue weighted by molar-refractivity contribution is 5.87. The SMILES string of the molecule is COc1ccc2c(c1)CC(c1nc3c(OCCCO)cc(-c4ccnc(N)n4)cc3[nH]1)CO2.O=C(O)C(F)(F)F. The molecule has 1 aliphatic rings. The third-order valence-electron chi connectivity index (χ3n) is 5.90. The van der Waals surface area contributed by atoms with Crippen LogP contribution in [0.5, 0.6) is 17.2 Å². The van der Waals surface area contributed by atoms with Gasteiger partial charge in [-0.15, -0.1) is 0 Å². The molecule has 0 saturated carbocycles. The van der Waals surface area contributed by atoms with Crippen LogP contribution in [0, 0.1) is 0 Å². The molecule has 3 heterocycles. The number of aliphatic hydroxyl groups excluding tert-OH is 1. The molecule has 1 aliphatic heterocycles. The lowest BCUT2D eigenvalue weighted by Gasteiger charge is -2.24. The standard InChI is InChI=1S/C24H25N5O4.C2HF3O2/c1-31-17-3-4-20-15(10-17)9-16(13-33-20)23-27-19-11-14(18-5-6-26-24(25)28-18)12-21(22(19)29-23)32-8-2-7-30;3-2(4,5)1(6)7/h3-6,10-12,16,30H,2,7-9,13H2,1H3,(H,27,29)(H2,25,26,28);(H,6,7). The Morgan fingerprint density at radius 3 is 2.67 bits per heavy atom. The van der Waals surface area contributed by atoms with Gasteiger partial charge in [0.15, 0.2) is 0 Å². The Morgan fingerprint density at radius 1 is 1.23 bits per heavy atom. The number of nitrogens with one attached hydrogen (secondary N) is 1. The number of alkyl halides is 3. The lowest BCUT2D eigenvalue weighted by molar-refractivity contribution is -0.192. The van der Waals surface area contributed by atoms with E-state index < -0.39 is 12.1 Å². The van der Waals surface area contributed by atoms with Gasteiger partial charge < -0.3 is 35.1 Å². The summed E-state index contributed by atoms with van der Waals surface area (Å²) >= 11 is 0. The van der Waals surface area contributed by atoms with Crippen molar-refractivity contribution < 1.29 is 42.4 Å². The van der Waals surface area contributed by atoms with Crippen molar-refractivity contribution in [1.82, 2.24) is 19.9 Å². The number of aromatic amines is 1. The van der Waals surface area contributed by atoms with Gasteiger partial charge in [-0.2, -0.15) is 13.2 Å². The van der Waals surface area contributed by atoms with Gasteiger partial charge in [-0.25, -0.2) is 19.7 Å². The number of hydrogen-bond acceptors (Lipinski definition) is 9. The zero-order valence-corrected chi connectivity index (χ0v) is 21.2. The second kappa shape index (κ2) is 12.1. The van der Waals surface area contributed by atoms with Crippen LogP contribution in [-0.4, -0.2) is 69.2 Å². The van der Waals surface area contributed by atoms with Crippen molar-refractivity contribution in [3.63, 3.8) is 0 Å².